The van der Waals surface area contributed by atoms with Crippen LogP contribution in [0.5, 0.6) is 0 Å². The summed E-state index contributed by atoms with van der Waals surface area (Å²) in [6, 6.07) is 0.718. The van der Waals surface area contributed by atoms with Gasteiger partial charge in [-0.05, 0) is 5.92 Å². The van der Waals surface area contributed by atoms with Gasteiger partial charge in [-0.1, -0.05) is 20.3 Å². The number of carbonyl (C=O) groups is 2. The zero-order valence-corrected chi connectivity index (χ0v) is 9.64. The first-order valence-electron chi connectivity index (χ1n) is 5.48. The van der Waals surface area contributed by atoms with Gasteiger partial charge in [-0.3, -0.25) is 9.59 Å². The van der Waals surface area contributed by atoms with Gasteiger partial charge in [0.2, 0.25) is 5.91 Å². The van der Waals surface area contributed by atoms with Crippen LogP contribution in [0.2, 0.25) is 0 Å². The Hall–Kier alpha value is -1.41. The van der Waals surface area contributed by atoms with Crippen LogP contribution < -0.4 is 5.73 Å². The van der Waals surface area contributed by atoms with Gasteiger partial charge in [0.25, 0.3) is 0 Å². The molecule has 0 aromatic carbocycles. The highest BCUT2D eigenvalue weighted by atomic mass is 16.2. The van der Waals surface area contributed by atoms with E-state index in [9.17, 15) is 9.59 Å². The topological polar surface area (TPSA) is 87.2 Å². The Kier molecular flexibility index (Phi) is 4.02. The predicted molar refractivity (Wildman–Crippen MR) is 58.2 cm³/mol. The third-order valence-corrected chi connectivity index (χ3v) is 3.12. The average Bonchev–Trinajstić information content (AvgIpc) is 2.67. The monoisotopic (exact) mass is 223 g/mol. The van der Waals surface area contributed by atoms with Crippen LogP contribution in [-0.2, 0) is 9.59 Å². The second-order valence-corrected chi connectivity index (χ2v) is 4.27. The molecule has 5 nitrogen and oxygen atoms in total. The lowest BCUT2D eigenvalue weighted by atomic mass is 9.99. The minimum absolute atomic E-state index is 0.0290. The molecule has 5 heteroatoms. The summed E-state index contributed by atoms with van der Waals surface area (Å²) in [5.41, 5.74) is 5.80. The molecule has 1 fully saturated rings. The fraction of sp³-hybridized carbons (Fsp3) is 0.727. The zero-order valence-electron chi connectivity index (χ0n) is 9.64. The van der Waals surface area contributed by atoms with Crippen molar-refractivity contribution in [2.45, 2.75) is 38.8 Å². The van der Waals surface area contributed by atoms with E-state index in [2.05, 4.69) is 0 Å². The number of likely N-dealkylation sites (tertiary alicyclic amines) is 1. The van der Waals surface area contributed by atoms with Crippen LogP contribution in [-0.4, -0.2) is 35.2 Å². The Bertz CT molecular complexity index is 335. The van der Waals surface area contributed by atoms with Gasteiger partial charge in [0.15, 0.2) is 5.78 Å². The minimum atomic E-state index is -0.630. The van der Waals surface area contributed by atoms with Gasteiger partial charge in [-0.25, -0.2) is 0 Å². The Morgan fingerprint density at radius 2 is 2.38 bits per heavy atom. The number of carbonyl (C=O) groups excluding carboxylic acids is 2. The highest BCUT2D eigenvalue weighted by molar-refractivity contribution is 5.92. The summed E-state index contributed by atoms with van der Waals surface area (Å²) in [4.78, 5) is 24.5. The van der Waals surface area contributed by atoms with E-state index in [1.165, 1.54) is 4.90 Å². The summed E-state index contributed by atoms with van der Waals surface area (Å²) in [5, 5.41) is 8.84. The summed E-state index contributed by atoms with van der Waals surface area (Å²) < 4.78 is 0. The van der Waals surface area contributed by atoms with Gasteiger partial charge in [-0.15, -0.1) is 0 Å². The van der Waals surface area contributed by atoms with Crippen LogP contribution in [0, 0.1) is 17.2 Å². The van der Waals surface area contributed by atoms with Crippen LogP contribution in [0.15, 0.2) is 0 Å². The molecule has 1 saturated heterocycles. The highest BCUT2D eigenvalue weighted by Crippen LogP contribution is 2.17. The molecule has 0 unspecified atom stereocenters. The van der Waals surface area contributed by atoms with Crippen molar-refractivity contribution in [3.05, 3.63) is 0 Å². The van der Waals surface area contributed by atoms with E-state index in [1.807, 2.05) is 19.9 Å². The summed E-state index contributed by atoms with van der Waals surface area (Å²) in [6.45, 7) is 3.87. The van der Waals surface area contributed by atoms with E-state index in [4.69, 9.17) is 11.0 Å². The Morgan fingerprint density at radius 1 is 1.75 bits per heavy atom. The molecule has 1 aliphatic heterocycles. The van der Waals surface area contributed by atoms with Gasteiger partial charge in [0, 0.05) is 6.42 Å². The summed E-state index contributed by atoms with van der Waals surface area (Å²) >= 11 is 0. The maximum Gasteiger partial charge on any atom is 0.241 e. The number of nitrogens with zero attached hydrogens (tertiary/aromatic N) is 2. The van der Waals surface area contributed by atoms with Gasteiger partial charge in [0.05, 0.1) is 18.7 Å². The number of hydrogen-bond acceptors (Lipinski definition) is 4. The van der Waals surface area contributed by atoms with Crippen LogP contribution in [0.3, 0.4) is 0 Å². The van der Waals surface area contributed by atoms with E-state index in [-0.39, 0.29) is 30.6 Å². The first kappa shape index (κ1) is 12.7. The standard InChI is InChI=1S/C11H17N3O2/c1-3-7(2)10(13)11(16)14-6-9(15)4-8(14)5-12/h7-8,10H,3-4,6,13H2,1-2H3/t7-,8-,10-/m0/s1. The van der Waals surface area contributed by atoms with Crippen LogP contribution in [0.25, 0.3) is 0 Å². The fourth-order valence-corrected chi connectivity index (χ4v) is 1.73. The minimum Gasteiger partial charge on any atom is -0.320 e. The highest BCUT2D eigenvalue weighted by Gasteiger charge is 2.37. The molecule has 0 saturated carbocycles. The first-order valence-corrected chi connectivity index (χ1v) is 5.48. The zero-order chi connectivity index (χ0) is 12.3. The third kappa shape index (κ3) is 2.39. The smallest absolute Gasteiger partial charge is 0.241 e. The van der Waals surface area contributed by atoms with Gasteiger partial charge in [0.1, 0.15) is 6.04 Å². The number of amides is 1. The normalized spacial score (nSPS) is 24.0. The maximum atomic E-state index is 12.0. The molecule has 2 N–H and O–H groups in total. The molecule has 0 spiro atoms. The molecular weight excluding hydrogens is 206 g/mol. The molecule has 3 atom stereocenters. The van der Waals surface area contributed by atoms with Crippen molar-refractivity contribution >= 4 is 11.7 Å². The van der Waals surface area contributed by atoms with E-state index in [0.717, 1.165) is 6.42 Å². The van der Waals surface area contributed by atoms with Gasteiger partial charge in [-0.2, -0.15) is 5.26 Å². The van der Waals surface area contributed by atoms with Crippen molar-refractivity contribution in [2.75, 3.05) is 6.54 Å². The molecule has 0 aromatic heterocycles. The fourth-order valence-electron chi connectivity index (χ4n) is 1.73. The van der Waals surface area contributed by atoms with E-state index in [1.54, 1.807) is 0 Å². The molecule has 1 heterocycles. The number of hydrogen-bond donors (Lipinski definition) is 1. The van der Waals surface area contributed by atoms with Crippen molar-refractivity contribution in [1.82, 2.24) is 4.90 Å². The molecule has 16 heavy (non-hydrogen) atoms. The number of nitrogens with two attached hydrogens (primary N) is 1. The Labute approximate surface area is 95.2 Å². The SMILES string of the molecule is CC[C@H](C)[C@H](N)C(=O)N1CC(=O)C[C@H]1C#N. The Morgan fingerprint density at radius 3 is 2.88 bits per heavy atom. The summed E-state index contributed by atoms with van der Waals surface area (Å²) in [5.74, 6) is -0.300. The predicted octanol–water partition coefficient (Wildman–Crippen LogP) is 0.0534. The van der Waals surface area contributed by atoms with Crippen molar-refractivity contribution in [2.24, 2.45) is 11.7 Å². The second-order valence-electron chi connectivity index (χ2n) is 4.27. The summed E-state index contributed by atoms with van der Waals surface area (Å²) in [7, 11) is 0. The number of rotatable bonds is 3. The number of ketones is 1. The molecule has 88 valence electrons. The van der Waals surface area contributed by atoms with Crippen molar-refractivity contribution < 1.29 is 9.59 Å². The molecule has 1 rings (SSSR count). The maximum absolute atomic E-state index is 12.0. The molecule has 0 aromatic rings. The quantitative estimate of drug-likeness (QED) is 0.732. The number of Topliss-reactive ketones (excluding diaryl/α,β-unsaturated/α-hetero) is 1. The first-order chi connectivity index (χ1) is 7.51. The van der Waals surface area contributed by atoms with Crippen LogP contribution in [0.1, 0.15) is 26.7 Å². The molecule has 1 amide bonds. The molecule has 0 aliphatic carbocycles. The van der Waals surface area contributed by atoms with Crippen molar-refractivity contribution in [1.29, 1.82) is 5.26 Å². The van der Waals surface area contributed by atoms with Crippen molar-refractivity contribution in [3.63, 3.8) is 0 Å². The van der Waals surface area contributed by atoms with E-state index < -0.39 is 12.1 Å². The van der Waals surface area contributed by atoms with Crippen molar-refractivity contribution in [3.8, 4) is 6.07 Å². The van der Waals surface area contributed by atoms with Crippen LogP contribution in [0.4, 0.5) is 0 Å². The lowest BCUT2D eigenvalue weighted by Gasteiger charge is -2.25. The number of nitriles is 1. The molecular formula is C11H17N3O2. The lowest BCUT2D eigenvalue weighted by molar-refractivity contribution is -0.134. The summed E-state index contributed by atoms with van der Waals surface area (Å²) in [6.07, 6.45) is 0.932. The largest absolute Gasteiger partial charge is 0.320 e. The second kappa shape index (κ2) is 5.08. The molecule has 0 radical (unpaired) electrons. The molecule has 0 bridgehead atoms. The van der Waals surface area contributed by atoms with Gasteiger partial charge >= 0.3 is 0 Å². The van der Waals surface area contributed by atoms with E-state index in [0.29, 0.717) is 0 Å². The lowest BCUT2D eigenvalue weighted by Crippen LogP contribution is -2.48. The van der Waals surface area contributed by atoms with Crippen LogP contribution >= 0.6 is 0 Å². The average molecular weight is 223 g/mol. The van der Waals surface area contributed by atoms with Gasteiger partial charge < -0.3 is 10.6 Å². The third-order valence-electron chi connectivity index (χ3n) is 3.12. The molecule has 1 aliphatic rings. The van der Waals surface area contributed by atoms with E-state index >= 15 is 0 Å². The Balaban J connectivity index is 2.74.